The maximum atomic E-state index is 12.2. The standard InChI is InChI=1S/C15H21NO3/c17-11-13(12-7-3-1-4-8-12)16-14(18)15(19)9-5-2-6-10-15/h1,3-4,7-8,13,17,19H,2,5-6,9-11H2,(H,16,18)/t13-/m1/s1. The van der Waals surface area contributed by atoms with Gasteiger partial charge in [0.05, 0.1) is 12.6 Å². The molecule has 0 saturated heterocycles. The zero-order valence-corrected chi connectivity index (χ0v) is 11.0. The van der Waals surface area contributed by atoms with E-state index in [4.69, 9.17) is 0 Å². The SMILES string of the molecule is O=C(N[C@H](CO)c1ccccc1)C1(O)CCCCC1. The van der Waals surface area contributed by atoms with Crippen LogP contribution in [0.2, 0.25) is 0 Å². The highest BCUT2D eigenvalue weighted by molar-refractivity contribution is 5.85. The van der Waals surface area contributed by atoms with Crippen molar-refractivity contribution in [2.24, 2.45) is 0 Å². The van der Waals surface area contributed by atoms with Crippen LogP contribution in [0.25, 0.3) is 0 Å². The third-order valence-corrected chi connectivity index (χ3v) is 3.79. The number of rotatable bonds is 4. The van der Waals surface area contributed by atoms with E-state index in [2.05, 4.69) is 5.32 Å². The van der Waals surface area contributed by atoms with Crippen LogP contribution in [0, 0.1) is 0 Å². The van der Waals surface area contributed by atoms with Crippen LogP contribution in [0.3, 0.4) is 0 Å². The fourth-order valence-corrected chi connectivity index (χ4v) is 2.58. The molecule has 1 aliphatic carbocycles. The van der Waals surface area contributed by atoms with Crippen molar-refractivity contribution >= 4 is 5.91 Å². The van der Waals surface area contributed by atoms with Crippen molar-refractivity contribution in [3.8, 4) is 0 Å². The van der Waals surface area contributed by atoms with E-state index in [0.29, 0.717) is 12.8 Å². The molecule has 0 radical (unpaired) electrons. The minimum absolute atomic E-state index is 0.175. The number of hydrogen-bond acceptors (Lipinski definition) is 3. The lowest BCUT2D eigenvalue weighted by Gasteiger charge is -2.32. The van der Waals surface area contributed by atoms with Crippen LogP contribution in [0.4, 0.5) is 0 Å². The number of aliphatic hydroxyl groups excluding tert-OH is 1. The number of aliphatic hydroxyl groups is 2. The normalized spacial score (nSPS) is 19.7. The highest BCUT2D eigenvalue weighted by atomic mass is 16.3. The summed E-state index contributed by atoms with van der Waals surface area (Å²) in [5.74, 6) is -0.366. The van der Waals surface area contributed by atoms with Gasteiger partial charge < -0.3 is 15.5 Å². The Labute approximate surface area is 113 Å². The fraction of sp³-hybridized carbons (Fsp3) is 0.533. The zero-order valence-electron chi connectivity index (χ0n) is 11.0. The van der Waals surface area contributed by atoms with Gasteiger partial charge in [0, 0.05) is 0 Å². The second-order valence-electron chi connectivity index (χ2n) is 5.21. The van der Waals surface area contributed by atoms with Gasteiger partial charge in [0.25, 0.3) is 5.91 Å². The van der Waals surface area contributed by atoms with Crippen molar-refractivity contribution in [3.05, 3.63) is 35.9 Å². The van der Waals surface area contributed by atoms with Gasteiger partial charge in [-0.05, 0) is 18.4 Å². The first-order chi connectivity index (χ1) is 9.15. The maximum Gasteiger partial charge on any atom is 0.252 e. The second-order valence-corrected chi connectivity index (χ2v) is 5.21. The van der Waals surface area contributed by atoms with E-state index >= 15 is 0 Å². The molecule has 1 aliphatic rings. The molecule has 1 aromatic carbocycles. The molecule has 1 fully saturated rings. The Kier molecular flexibility index (Phi) is 4.56. The highest BCUT2D eigenvalue weighted by Crippen LogP contribution is 2.29. The molecule has 0 unspecified atom stereocenters. The van der Waals surface area contributed by atoms with Crippen LogP contribution >= 0.6 is 0 Å². The maximum absolute atomic E-state index is 12.2. The molecular weight excluding hydrogens is 242 g/mol. The Morgan fingerprint density at radius 2 is 1.84 bits per heavy atom. The summed E-state index contributed by atoms with van der Waals surface area (Å²) in [7, 11) is 0. The molecule has 4 heteroatoms. The Morgan fingerprint density at radius 3 is 2.42 bits per heavy atom. The molecule has 3 N–H and O–H groups in total. The predicted octanol–water partition coefficient (Wildman–Crippen LogP) is 1.53. The Bertz CT molecular complexity index is 413. The van der Waals surface area contributed by atoms with Crippen molar-refractivity contribution in [2.45, 2.75) is 43.7 Å². The molecular formula is C15H21NO3. The van der Waals surface area contributed by atoms with Crippen LogP contribution in [0.1, 0.15) is 43.7 Å². The minimum atomic E-state index is -1.26. The van der Waals surface area contributed by atoms with E-state index in [9.17, 15) is 15.0 Å². The Balaban J connectivity index is 2.04. The van der Waals surface area contributed by atoms with Gasteiger partial charge in [-0.1, -0.05) is 49.6 Å². The first-order valence-electron chi connectivity index (χ1n) is 6.85. The molecule has 19 heavy (non-hydrogen) atoms. The average Bonchev–Trinajstić information content (AvgIpc) is 2.46. The van der Waals surface area contributed by atoms with Gasteiger partial charge in [0.1, 0.15) is 5.60 Å². The van der Waals surface area contributed by atoms with Crippen LogP contribution in [-0.4, -0.2) is 28.3 Å². The molecule has 4 nitrogen and oxygen atoms in total. The monoisotopic (exact) mass is 263 g/mol. The summed E-state index contributed by atoms with van der Waals surface area (Å²) in [6.45, 7) is -0.175. The van der Waals surface area contributed by atoms with Crippen molar-refractivity contribution < 1.29 is 15.0 Å². The molecule has 1 aromatic rings. The van der Waals surface area contributed by atoms with Gasteiger partial charge in [0.15, 0.2) is 0 Å². The summed E-state index contributed by atoms with van der Waals surface area (Å²) in [6, 6.07) is 8.85. The van der Waals surface area contributed by atoms with Crippen LogP contribution < -0.4 is 5.32 Å². The summed E-state index contributed by atoms with van der Waals surface area (Å²) in [5.41, 5.74) is -0.418. The number of nitrogens with one attached hydrogen (secondary N) is 1. The van der Waals surface area contributed by atoms with E-state index in [0.717, 1.165) is 24.8 Å². The predicted molar refractivity (Wildman–Crippen MR) is 72.4 cm³/mol. The van der Waals surface area contributed by atoms with E-state index in [1.165, 1.54) is 0 Å². The molecule has 104 valence electrons. The van der Waals surface area contributed by atoms with E-state index in [1.807, 2.05) is 30.3 Å². The van der Waals surface area contributed by atoms with E-state index in [1.54, 1.807) is 0 Å². The van der Waals surface area contributed by atoms with Crippen LogP contribution in [-0.2, 0) is 4.79 Å². The smallest absolute Gasteiger partial charge is 0.252 e. The molecule has 1 saturated carbocycles. The molecule has 0 bridgehead atoms. The van der Waals surface area contributed by atoms with Gasteiger partial charge in [-0.2, -0.15) is 0 Å². The topological polar surface area (TPSA) is 69.6 Å². The third-order valence-electron chi connectivity index (χ3n) is 3.79. The molecule has 0 spiro atoms. The number of benzene rings is 1. The summed E-state index contributed by atoms with van der Waals surface area (Å²) < 4.78 is 0. The zero-order chi connectivity index (χ0) is 13.7. The van der Waals surface area contributed by atoms with Crippen LogP contribution in [0.15, 0.2) is 30.3 Å². The van der Waals surface area contributed by atoms with Gasteiger partial charge in [-0.25, -0.2) is 0 Å². The lowest BCUT2D eigenvalue weighted by molar-refractivity contribution is -0.144. The largest absolute Gasteiger partial charge is 0.394 e. The number of carbonyl (C=O) groups excluding carboxylic acids is 1. The molecule has 1 atom stereocenters. The van der Waals surface area contributed by atoms with Gasteiger partial charge in [0.2, 0.25) is 0 Å². The second kappa shape index (κ2) is 6.17. The summed E-state index contributed by atoms with van der Waals surface area (Å²) in [5, 5.41) is 22.5. The molecule has 0 aliphatic heterocycles. The van der Waals surface area contributed by atoms with E-state index in [-0.39, 0.29) is 12.5 Å². The van der Waals surface area contributed by atoms with Gasteiger partial charge in [-0.3, -0.25) is 4.79 Å². The number of carbonyl (C=O) groups is 1. The molecule has 1 amide bonds. The lowest BCUT2D eigenvalue weighted by atomic mass is 9.84. The van der Waals surface area contributed by atoms with E-state index < -0.39 is 11.6 Å². The first-order valence-corrected chi connectivity index (χ1v) is 6.85. The van der Waals surface area contributed by atoms with Crippen LogP contribution in [0.5, 0.6) is 0 Å². The quantitative estimate of drug-likeness (QED) is 0.771. The summed E-state index contributed by atoms with van der Waals surface area (Å²) in [4.78, 5) is 12.2. The van der Waals surface area contributed by atoms with Crippen molar-refractivity contribution in [1.82, 2.24) is 5.32 Å². The molecule has 0 aromatic heterocycles. The Morgan fingerprint density at radius 1 is 1.21 bits per heavy atom. The minimum Gasteiger partial charge on any atom is -0.394 e. The Hall–Kier alpha value is -1.39. The van der Waals surface area contributed by atoms with Crippen molar-refractivity contribution in [3.63, 3.8) is 0 Å². The fourth-order valence-electron chi connectivity index (χ4n) is 2.58. The third kappa shape index (κ3) is 3.33. The summed E-state index contributed by atoms with van der Waals surface area (Å²) in [6.07, 6.45) is 3.83. The number of hydrogen-bond donors (Lipinski definition) is 3. The highest BCUT2D eigenvalue weighted by Gasteiger charge is 2.37. The van der Waals surface area contributed by atoms with Gasteiger partial charge >= 0.3 is 0 Å². The summed E-state index contributed by atoms with van der Waals surface area (Å²) >= 11 is 0. The number of amides is 1. The average molecular weight is 263 g/mol. The van der Waals surface area contributed by atoms with Crippen molar-refractivity contribution in [1.29, 1.82) is 0 Å². The molecule has 2 rings (SSSR count). The lowest BCUT2D eigenvalue weighted by Crippen LogP contribution is -2.49. The van der Waals surface area contributed by atoms with Crippen molar-refractivity contribution in [2.75, 3.05) is 6.61 Å². The first kappa shape index (κ1) is 14.0. The van der Waals surface area contributed by atoms with Gasteiger partial charge in [-0.15, -0.1) is 0 Å². The molecule has 0 heterocycles.